The fourth-order valence-corrected chi connectivity index (χ4v) is 3.18. The van der Waals surface area contributed by atoms with Crippen molar-refractivity contribution in [2.45, 2.75) is 19.1 Å². The summed E-state index contributed by atoms with van der Waals surface area (Å²) in [7, 11) is 0. The van der Waals surface area contributed by atoms with Crippen LogP contribution in [-0.2, 0) is 0 Å². The molecule has 0 aliphatic rings. The van der Waals surface area contributed by atoms with Gasteiger partial charge < -0.3 is 19.8 Å². The lowest BCUT2D eigenvalue weighted by atomic mass is 10.0. The molecule has 0 bridgehead atoms. The molecule has 4 aromatic rings. The maximum Gasteiger partial charge on any atom is 0.253 e. The minimum atomic E-state index is -0.863. The Balaban J connectivity index is 1.57. The van der Waals surface area contributed by atoms with Gasteiger partial charge in [-0.15, -0.1) is 0 Å². The number of aliphatic hydroxyl groups is 1. The van der Waals surface area contributed by atoms with Crippen molar-refractivity contribution in [2.75, 3.05) is 0 Å². The third-order valence-corrected chi connectivity index (χ3v) is 4.81. The Morgan fingerprint density at radius 3 is 2.68 bits per heavy atom. The topological polar surface area (TPSA) is 91.2 Å². The number of H-pyrrole nitrogens is 1. The molecule has 0 spiro atoms. The predicted molar refractivity (Wildman–Crippen MR) is 107 cm³/mol. The highest BCUT2D eigenvalue weighted by molar-refractivity contribution is 6.30. The van der Waals surface area contributed by atoms with Crippen LogP contribution in [0.25, 0.3) is 22.6 Å². The molecule has 2 heterocycles. The summed E-state index contributed by atoms with van der Waals surface area (Å²) in [6.07, 6.45) is 0.703. The van der Waals surface area contributed by atoms with Crippen molar-refractivity contribution in [3.8, 4) is 11.6 Å². The summed E-state index contributed by atoms with van der Waals surface area (Å²) in [5.41, 5.74) is 2.36. The molecule has 0 unspecified atom stereocenters. The molecule has 0 saturated carbocycles. The molecule has 6 nitrogen and oxygen atoms in total. The Bertz CT molecular complexity index is 1100. The standard InChI is InChI=1S/C21H18ClN3O3/c1-12(19(26)13-7-9-14(22)10-8-13)23-21(27)15-4-2-5-16-18(15)25-20(24-16)17-6-3-11-28-17/h2-12,19,26H,1H3,(H,23,27)(H,24,25)/t12-,19+/m1/s1. The summed E-state index contributed by atoms with van der Waals surface area (Å²) in [6.45, 7) is 1.75. The Morgan fingerprint density at radius 1 is 1.18 bits per heavy atom. The van der Waals surface area contributed by atoms with Gasteiger partial charge in [-0.1, -0.05) is 29.8 Å². The first kappa shape index (κ1) is 18.3. The molecule has 2 aromatic heterocycles. The van der Waals surface area contributed by atoms with Crippen molar-refractivity contribution in [3.63, 3.8) is 0 Å². The number of amides is 1. The van der Waals surface area contributed by atoms with E-state index in [0.717, 1.165) is 5.52 Å². The molecule has 7 heteroatoms. The zero-order chi connectivity index (χ0) is 19.7. The summed E-state index contributed by atoms with van der Waals surface area (Å²) in [5.74, 6) is 0.826. The normalized spacial score (nSPS) is 13.4. The Labute approximate surface area is 166 Å². The van der Waals surface area contributed by atoms with E-state index in [1.54, 1.807) is 61.7 Å². The Morgan fingerprint density at radius 2 is 1.96 bits per heavy atom. The monoisotopic (exact) mass is 395 g/mol. The molecular weight excluding hydrogens is 378 g/mol. The number of hydrogen-bond acceptors (Lipinski definition) is 4. The number of imidazole rings is 1. The van der Waals surface area contributed by atoms with E-state index in [0.29, 0.717) is 33.3 Å². The molecule has 4 rings (SSSR count). The number of hydrogen-bond donors (Lipinski definition) is 3. The zero-order valence-electron chi connectivity index (χ0n) is 15.0. The first-order valence-electron chi connectivity index (χ1n) is 8.80. The van der Waals surface area contributed by atoms with Crippen LogP contribution in [0.5, 0.6) is 0 Å². The smallest absolute Gasteiger partial charge is 0.253 e. The number of aromatic nitrogens is 2. The lowest BCUT2D eigenvalue weighted by Crippen LogP contribution is -2.37. The van der Waals surface area contributed by atoms with Gasteiger partial charge in [0, 0.05) is 5.02 Å². The number of halogens is 1. The highest BCUT2D eigenvalue weighted by atomic mass is 35.5. The van der Waals surface area contributed by atoms with Gasteiger partial charge in [-0.3, -0.25) is 4.79 Å². The summed E-state index contributed by atoms with van der Waals surface area (Å²) in [4.78, 5) is 20.5. The molecule has 2 aromatic carbocycles. The van der Waals surface area contributed by atoms with Gasteiger partial charge in [-0.25, -0.2) is 4.98 Å². The minimum Gasteiger partial charge on any atom is -0.461 e. The van der Waals surface area contributed by atoms with Crippen LogP contribution in [0.4, 0.5) is 0 Å². The van der Waals surface area contributed by atoms with Gasteiger partial charge >= 0.3 is 0 Å². The first-order valence-corrected chi connectivity index (χ1v) is 9.18. The van der Waals surface area contributed by atoms with Crippen LogP contribution in [-0.4, -0.2) is 27.0 Å². The van der Waals surface area contributed by atoms with Crippen LogP contribution in [0.2, 0.25) is 5.02 Å². The van der Waals surface area contributed by atoms with Gasteiger partial charge in [-0.2, -0.15) is 0 Å². The van der Waals surface area contributed by atoms with Crippen LogP contribution in [0.15, 0.2) is 65.3 Å². The van der Waals surface area contributed by atoms with Crippen LogP contribution >= 0.6 is 11.6 Å². The number of carbonyl (C=O) groups is 1. The van der Waals surface area contributed by atoms with Crippen molar-refractivity contribution in [1.29, 1.82) is 0 Å². The zero-order valence-corrected chi connectivity index (χ0v) is 15.8. The maximum atomic E-state index is 12.8. The van der Waals surface area contributed by atoms with Crippen molar-refractivity contribution in [3.05, 3.63) is 77.0 Å². The van der Waals surface area contributed by atoms with E-state index in [1.807, 2.05) is 6.07 Å². The lowest BCUT2D eigenvalue weighted by Gasteiger charge is -2.20. The molecule has 0 aliphatic carbocycles. The second-order valence-corrected chi connectivity index (χ2v) is 6.96. The number of para-hydroxylation sites is 1. The average molecular weight is 396 g/mol. The predicted octanol–water partition coefficient (Wildman–Crippen LogP) is 4.33. The number of carbonyl (C=O) groups excluding carboxylic acids is 1. The van der Waals surface area contributed by atoms with E-state index in [1.165, 1.54) is 0 Å². The summed E-state index contributed by atoms with van der Waals surface area (Å²) < 4.78 is 5.37. The van der Waals surface area contributed by atoms with Crippen molar-refractivity contribution >= 4 is 28.5 Å². The molecule has 142 valence electrons. The van der Waals surface area contributed by atoms with Crippen molar-refractivity contribution < 1.29 is 14.3 Å². The van der Waals surface area contributed by atoms with E-state index in [2.05, 4.69) is 15.3 Å². The van der Waals surface area contributed by atoms with Crippen molar-refractivity contribution in [2.24, 2.45) is 0 Å². The van der Waals surface area contributed by atoms with E-state index >= 15 is 0 Å². The van der Waals surface area contributed by atoms with E-state index in [9.17, 15) is 9.90 Å². The second-order valence-electron chi connectivity index (χ2n) is 6.52. The van der Waals surface area contributed by atoms with E-state index in [4.69, 9.17) is 16.0 Å². The Kier molecular flexibility index (Phi) is 4.90. The molecule has 0 radical (unpaired) electrons. The molecule has 3 N–H and O–H groups in total. The number of aliphatic hydroxyl groups excluding tert-OH is 1. The number of benzene rings is 2. The van der Waals surface area contributed by atoms with Crippen LogP contribution < -0.4 is 5.32 Å². The van der Waals surface area contributed by atoms with Crippen molar-refractivity contribution in [1.82, 2.24) is 15.3 Å². The number of aromatic amines is 1. The molecule has 0 aliphatic heterocycles. The largest absolute Gasteiger partial charge is 0.461 e. The number of furan rings is 1. The fraction of sp³-hybridized carbons (Fsp3) is 0.143. The van der Waals surface area contributed by atoms with E-state index < -0.39 is 12.1 Å². The van der Waals surface area contributed by atoms with Gasteiger partial charge in [-0.05, 0) is 48.9 Å². The average Bonchev–Trinajstić information content (AvgIpc) is 3.36. The molecule has 0 saturated heterocycles. The van der Waals surface area contributed by atoms with Crippen LogP contribution in [0, 0.1) is 0 Å². The van der Waals surface area contributed by atoms with Gasteiger partial charge in [0.15, 0.2) is 11.6 Å². The molecule has 28 heavy (non-hydrogen) atoms. The molecule has 0 fully saturated rings. The highest BCUT2D eigenvalue weighted by Crippen LogP contribution is 2.24. The van der Waals surface area contributed by atoms with Gasteiger partial charge in [0.05, 0.1) is 29.5 Å². The second kappa shape index (κ2) is 7.50. The van der Waals surface area contributed by atoms with Gasteiger partial charge in [0.2, 0.25) is 0 Å². The number of fused-ring (bicyclic) bond motifs is 1. The summed E-state index contributed by atoms with van der Waals surface area (Å²) >= 11 is 5.89. The minimum absolute atomic E-state index is 0.316. The summed E-state index contributed by atoms with van der Waals surface area (Å²) in [5, 5.41) is 14.0. The number of nitrogens with zero attached hydrogens (tertiary/aromatic N) is 1. The van der Waals surface area contributed by atoms with Crippen LogP contribution in [0.1, 0.15) is 28.9 Å². The SMILES string of the molecule is C[C@@H](NC(=O)c1cccc2[nH]c(-c3ccco3)nc12)[C@H](O)c1ccc(Cl)cc1. The van der Waals surface area contributed by atoms with E-state index in [-0.39, 0.29) is 5.91 Å². The fourth-order valence-electron chi connectivity index (χ4n) is 3.06. The first-order chi connectivity index (χ1) is 13.5. The highest BCUT2D eigenvalue weighted by Gasteiger charge is 2.21. The third kappa shape index (κ3) is 3.52. The quantitative estimate of drug-likeness (QED) is 0.469. The van der Waals surface area contributed by atoms with Gasteiger partial charge in [0.25, 0.3) is 5.91 Å². The van der Waals surface area contributed by atoms with Gasteiger partial charge in [0.1, 0.15) is 5.52 Å². The third-order valence-electron chi connectivity index (χ3n) is 4.56. The number of rotatable bonds is 5. The van der Waals surface area contributed by atoms with Crippen LogP contribution in [0.3, 0.4) is 0 Å². The molecular formula is C21H18ClN3O3. The maximum absolute atomic E-state index is 12.8. The number of nitrogens with one attached hydrogen (secondary N) is 2. The molecule has 1 amide bonds. The molecule has 2 atom stereocenters. The lowest BCUT2D eigenvalue weighted by molar-refractivity contribution is 0.0853. The summed E-state index contributed by atoms with van der Waals surface area (Å²) in [6, 6.07) is 15.3. The Hall–Kier alpha value is -3.09.